The lowest BCUT2D eigenvalue weighted by Gasteiger charge is -2.21. The number of esters is 2. The molecule has 0 rings (SSSR count). The van der Waals surface area contributed by atoms with Crippen molar-refractivity contribution in [2.45, 2.75) is 160 Å². The van der Waals surface area contributed by atoms with E-state index in [1.165, 1.54) is 44.6 Å². The summed E-state index contributed by atoms with van der Waals surface area (Å²) < 4.78 is 47.5. The molecule has 60 heavy (non-hydrogen) atoms. The Morgan fingerprint density at radius 2 is 1.13 bits per heavy atom. The van der Waals surface area contributed by atoms with E-state index in [1.807, 2.05) is 19.1 Å². The summed E-state index contributed by atoms with van der Waals surface area (Å²) in [6.45, 7) is 3.43. The molecule has 18 heteroatoms. The topological polar surface area (TPSA) is 256 Å². The van der Waals surface area contributed by atoms with Crippen LogP contribution in [0.4, 0.5) is 0 Å². The Hall–Kier alpha value is -2.30. The fourth-order valence-electron chi connectivity index (χ4n) is 5.34. The molecule has 1 unspecified atom stereocenters. The van der Waals surface area contributed by atoms with Crippen LogP contribution in [0.3, 0.4) is 0 Å². The summed E-state index contributed by atoms with van der Waals surface area (Å²) in [5.74, 6) is -0.617. The molecule has 0 bridgehead atoms. The Morgan fingerprint density at radius 1 is 0.600 bits per heavy atom. The molecule has 0 aliphatic rings. The van der Waals surface area contributed by atoms with Crippen LogP contribution in [0.25, 0.3) is 0 Å². The lowest BCUT2D eigenvalue weighted by Crippen LogP contribution is -2.30. The van der Waals surface area contributed by atoms with Crippen molar-refractivity contribution >= 4 is 27.6 Å². The number of aliphatic hydroxyl groups excluding tert-OH is 4. The number of hydrogen-bond acceptors (Lipinski definition) is 13. The summed E-state index contributed by atoms with van der Waals surface area (Å²) in [6.07, 6.45) is 24.6. The van der Waals surface area contributed by atoms with Crippen LogP contribution < -0.4 is 0 Å². The van der Waals surface area contributed by atoms with Crippen molar-refractivity contribution in [2.75, 3.05) is 26.4 Å². The van der Waals surface area contributed by atoms with Gasteiger partial charge in [0.25, 0.3) is 0 Å². The van der Waals surface area contributed by atoms with E-state index in [1.54, 1.807) is 42.5 Å². The van der Waals surface area contributed by atoms with E-state index in [9.17, 15) is 44.0 Å². The number of unbranched alkanes of at least 4 members (excludes halogenated alkanes) is 9. The molecular formula is C42H74O16P2. The van der Waals surface area contributed by atoms with E-state index in [2.05, 4.69) is 22.9 Å². The minimum atomic E-state index is -4.91. The molecule has 0 aromatic heterocycles. The summed E-state index contributed by atoms with van der Waals surface area (Å²) in [5.41, 5.74) is 0. The lowest BCUT2D eigenvalue weighted by molar-refractivity contribution is -0.161. The number of carbonyl (C=O) groups is 2. The van der Waals surface area contributed by atoms with E-state index in [0.29, 0.717) is 12.8 Å². The highest BCUT2D eigenvalue weighted by atomic mass is 31.2. The van der Waals surface area contributed by atoms with Gasteiger partial charge >= 0.3 is 27.6 Å². The Kier molecular flexibility index (Phi) is 34.8. The van der Waals surface area contributed by atoms with Crippen molar-refractivity contribution in [1.29, 1.82) is 0 Å². The van der Waals surface area contributed by atoms with Crippen LogP contribution in [0.15, 0.2) is 60.8 Å². The highest BCUT2D eigenvalue weighted by Gasteiger charge is 2.28. The second-order valence-electron chi connectivity index (χ2n) is 14.9. The first-order chi connectivity index (χ1) is 28.4. The quantitative estimate of drug-likeness (QED) is 0.0106. The number of phosphoric ester groups is 2. The Labute approximate surface area is 357 Å². The van der Waals surface area contributed by atoms with Gasteiger partial charge in [-0.25, -0.2) is 9.13 Å². The van der Waals surface area contributed by atoms with Gasteiger partial charge in [-0.15, -0.1) is 0 Å². The van der Waals surface area contributed by atoms with Gasteiger partial charge in [0.2, 0.25) is 0 Å². The first kappa shape index (κ1) is 57.7. The molecule has 0 saturated heterocycles. The molecule has 0 aromatic rings. The summed E-state index contributed by atoms with van der Waals surface area (Å²) in [7, 11) is -9.81. The average molecular weight is 897 g/mol. The maximum Gasteiger partial charge on any atom is 0.472 e. The monoisotopic (exact) mass is 896 g/mol. The van der Waals surface area contributed by atoms with Crippen molar-refractivity contribution < 1.29 is 76.9 Å². The largest absolute Gasteiger partial charge is 0.472 e. The van der Waals surface area contributed by atoms with Crippen LogP contribution in [0.5, 0.6) is 0 Å². The maximum atomic E-state index is 12.7. The summed E-state index contributed by atoms with van der Waals surface area (Å²) in [4.78, 5) is 52.7. The first-order valence-corrected chi connectivity index (χ1v) is 24.2. The molecule has 16 nitrogen and oxygen atoms in total. The molecule has 7 N–H and O–H groups in total. The molecule has 0 radical (unpaired) electrons. The number of hydrogen-bond donors (Lipinski definition) is 7. The molecule has 0 saturated carbocycles. The fourth-order valence-corrected chi connectivity index (χ4v) is 6.50. The molecule has 348 valence electrons. The zero-order valence-corrected chi connectivity index (χ0v) is 37.6. The first-order valence-electron chi connectivity index (χ1n) is 21.2. The molecule has 0 heterocycles. The number of ether oxygens (including phenoxy) is 2. The second kappa shape index (κ2) is 36.2. The van der Waals surface area contributed by atoms with E-state index >= 15 is 0 Å². The summed E-state index contributed by atoms with van der Waals surface area (Å²) >= 11 is 0. The summed E-state index contributed by atoms with van der Waals surface area (Å²) in [5, 5.41) is 40.2. The third kappa shape index (κ3) is 38.6. The Balaban J connectivity index is 4.89. The van der Waals surface area contributed by atoms with Crippen molar-refractivity contribution in [3.05, 3.63) is 60.8 Å². The number of phosphoric acid groups is 2. The third-order valence-electron chi connectivity index (χ3n) is 8.68. The van der Waals surface area contributed by atoms with Gasteiger partial charge in [0.05, 0.1) is 38.1 Å². The average Bonchev–Trinajstić information content (AvgIpc) is 3.18. The van der Waals surface area contributed by atoms with Gasteiger partial charge in [-0.05, 0) is 38.0 Å². The van der Waals surface area contributed by atoms with Crippen LogP contribution in [-0.2, 0) is 41.8 Å². The van der Waals surface area contributed by atoms with Gasteiger partial charge in [-0.1, -0.05) is 146 Å². The Bertz CT molecular complexity index is 1360. The van der Waals surface area contributed by atoms with E-state index < -0.39 is 84.5 Å². The van der Waals surface area contributed by atoms with Crippen LogP contribution in [0, 0.1) is 5.92 Å². The van der Waals surface area contributed by atoms with E-state index in [4.69, 9.17) is 23.8 Å². The van der Waals surface area contributed by atoms with Crippen LogP contribution in [0.1, 0.15) is 130 Å². The predicted molar refractivity (Wildman–Crippen MR) is 229 cm³/mol. The lowest BCUT2D eigenvalue weighted by atomic mass is 10.0. The van der Waals surface area contributed by atoms with Crippen LogP contribution in [-0.4, -0.2) is 104 Å². The normalized spacial score (nSPS) is 16.3. The molecule has 0 spiro atoms. The van der Waals surface area contributed by atoms with Crippen molar-refractivity contribution in [3.63, 3.8) is 0 Å². The highest BCUT2D eigenvalue weighted by Crippen LogP contribution is 2.43. The zero-order chi connectivity index (χ0) is 45.1. The zero-order valence-electron chi connectivity index (χ0n) is 35.8. The van der Waals surface area contributed by atoms with Gasteiger partial charge in [0, 0.05) is 12.8 Å². The molecular weight excluding hydrogens is 822 g/mol. The van der Waals surface area contributed by atoms with Gasteiger partial charge in [0.15, 0.2) is 6.10 Å². The SMILES string of the molecule is CC/C=C\C[C@H](O)/C=C/C=C/C=C\C=C/[C@@H](O)[C@H](O)CCCC(=O)O[C@H](COC(=O)CCCCCCCCCCCCC(C)C)COP(=O)(O)OC[C@@H](O)COP(=O)(O)O. The molecule has 0 aromatic carbocycles. The molecule has 6 atom stereocenters. The van der Waals surface area contributed by atoms with Gasteiger partial charge < -0.3 is 44.6 Å². The number of carbonyl (C=O) groups excluding carboxylic acids is 2. The number of aliphatic hydroxyl groups is 4. The van der Waals surface area contributed by atoms with E-state index in [-0.39, 0.29) is 25.7 Å². The van der Waals surface area contributed by atoms with Gasteiger partial charge in [-0.3, -0.25) is 23.2 Å². The highest BCUT2D eigenvalue weighted by molar-refractivity contribution is 7.47. The number of allylic oxidation sites excluding steroid dienone is 7. The minimum Gasteiger partial charge on any atom is -0.462 e. The fraction of sp³-hybridized carbons (Fsp3) is 0.714. The van der Waals surface area contributed by atoms with Crippen molar-refractivity contribution in [2.24, 2.45) is 5.92 Å². The molecule has 0 aliphatic carbocycles. The second-order valence-corrected chi connectivity index (χ2v) is 17.6. The summed E-state index contributed by atoms with van der Waals surface area (Å²) in [6, 6.07) is 0. The van der Waals surface area contributed by atoms with Crippen LogP contribution in [0.2, 0.25) is 0 Å². The van der Waals surface area contributed by atoms with Crippen molar-refractivity contribution in [3.8, 4) is 0 Å². The van der Waals surface area contributed by atoms with Gasteiger partial charge in [0.1, 0.15) is 12.7 Å². The van der Waals surface area contributed by atoms with E-state index in [0.717, 1.165) is 38.0 Å². The Morgan fingerprint density at radius 3 is 1.73 bits per heavy atom. The standard InChI is InChI=1S/C42H74O16P2/c1-4-5-18-25-36(43)26-20-15-12-13-16-21-27-39(45)40(46)28-23-30-42(48)58-38(34-57-60(52,53)56-32-37(44)31-55-59(49,50)51)33-54-41(47)29-22-17-11-9-7-6-8-10-14-19-24-35(2)3/h5,12-13,15-16,18,20-21,26-27,35-40,43-46H,4,6-11,14,17,19,22-25,28-34H2,1-3H3,(H,52,53)(H2,49,50,51)/b15-12+,16-13-,18-5-,26-20+,27-21-/t36-,37-,38+,39+,40+/m0/s1. The number of rotatable bonds is 38. The minimum absolute atomic E-state index is 0.0210. The third-order valence-corrected chi connectivity index (χ3v) is 10.1. The molecule has 0 amide bonds. The predicted octanol–water partition coefficient (Wildman–Crippen LogP) is 7.22. The molecule has 0 aliphatic heterocycles. The van der Waals surface area contributed by atoms with Crippen LogP contribution >= 0.6 is 15.6 Å². The maximum absolute atomic E-state index is 12.7. The van der Waals surface area contributed by atoms with Crippen molar-refractivity contribution in [1.82, 2.24) is 0 Å². The van der Waals surface area contributed by atoms with Gasteiger partial charge in [-0.2, -0.15) is 0 Å². The molecule has 0 fully saturated rings. The smallest absolute Gasteiger partial charge is 0.462 e.